The third-order valence-electron chi connectivity index (χ3n) is 4.50. The van der Waals surface area contributed by atoms with E-state index in [1.807, 2.05) is 0 Å². The Morgan fingerprint density at radius 1 is 1.10 bits per heavy atom. The van der Waals surface area contributed by atoms with Gasteiger partial charge in [0, 0.05) is 24.7 Å². The van der Waals surface area contributed by atoms with Gasteiger partial charge in [0.25, 0.3) is 15.9 Å². The molecule has 0 bridgehead atoms. The first-order chi connectivity index (χ1) is 14.8. The van der Waals surface area contributed by atoms with Crippen LogP contribution >= 0.6 is 0 Å². The number of aliphatic imine (C=N–C) groups is 1. The first-order valence-corrected chi connectivity index (χ1v) is 11.2. The molecule has 2 aromatic carbocycles. The zero-order chi connectivity index (χ0) is 22.3. The molecule has 1 amide bonds. The van der Waals surface area contributed by atoms with E-state index in [0.29, 0.717) is 24.5 Å². The van der Waals surface area contributed by atoms with Crippen molar-refractivity contribution in [3.63, 3.8) is 0 Å². The molecule has 1 heterocycles. The number of rotatable bonds is 7. The van der Waals surface area contributed by atoms with E-state index in [9.17, 15) is 23.3 Å². The standard InChI is InChI=1S/C20H22N4O6S/c25-20(14-30-18-7-4-3-6-17(18)24(26)27)22-15-9-11-16(12-10-15)31(28,29)23-19-8-2-1-5-13-21-19/h3-4,6-7,9-12H,1-2,5,8,13-14H2,(H,21,23)(H,22,25). The molecule has 1 aliphatic heterocycles. The highest BCUT2D eigenvalue weighted by atomic mass is 32.2. The zero-order valence-electron chi connectivity index (χ0n) is 16.6. The Bertz CT molecular complexity index is 1080. The van der Waals surface area contributed by atoms with E-state index in [1.54, 1.807) is 6.07 Å². The highest BCUT2D eigenvalue weighted by Crippen LogP contribution is 2.25. The fraction of sp³-hybridized carbons (Fsp3) is 0.300. The maximum absolute atomic E-state index is 12.5. The van der Waals surface area contributed by atoms with Crippen LogP contribution in [0.15, 0.2) is 58.4 Å². The second-order valence-corrected chi connectivity index (χ2v) is 8.51. The van der Waals surface area contributed by atoms with Crippen molar-refractivity contribution in [1.82, 2.24) is 4.72 Å². The molecule has 11 heteroatoms. The van der Waals surface area contributed by atoms with E-state index >= 15 is 0 Å². The first-order valence-electron chi connectivity index (χ1n) is 9.67. The molecule has 164 valence electrons. The number of hydrogen-bond acceptors (Lipinski definition) is 7. The molecule has 0 fully saturated rings. The number of nitrogens with zero attached hydrogens (tertiary/aromatic N) is 2. The number of para-hydroxylation sites is 2. The molecular weight excluding hydrogens is 424 g/mol. The fourth-order valence-corrected chi connectivity index (χ4v) is 4.05. The molecule has 0 aliphatic carbocycles. The van der Waals surface area contributed by atoms with Crippen molar-refractivity contribution in [3.05, 3.63) is 58.6 Å². The Labute approximate surface area is 179 Å². The Morgan fingerprint density at radius 2 is 1.84 bits per heavy atom. The number of benzene rings is 2. The number of carbonyl (C=O) groups is 1. The van der Waals surface area contributed by atoms with Gasteiger partial charge in [-0.05, 0) is 43.2 Å². The van der Waals surface area contributed by atoms with Crippen molar-refractivity contribution in [3.8, 4) is 5.75 Å². The number of anilines is 1. The number of amidine groups is 1. The number of nitro groups is 1. The van der Waals surface area contributed by atoms with Gasteiger partial charge in [0.1, 0.15) is 5.84 Å². The third-order valence-corrected chi connectivity index (χ3v) is 5.89. The molecular formula is C20H22N4O6S. The Hall–Kier alpha value is -3.47. The van der Waals surface area contributed by atoms with Gasteiger partial charge in [0.05, 0.1) is 9.82 Å². The summed E-state index contributed by atoms with van der Waals surface area (Å²) >= 11 is 0. The van der Waals surface area contributed by atoms with Crippen molar-refractivity contribution in [2.45, 2.75) is 30.6 Å². The van der Waals surface area contributed by atoms with Crippen molar-refractivity contribution < 1.29 is 22.9 Å². The third kappa shape index (κ3) is 6.25. The predicted octanol–water partition coefficient (Wildman–Crippen LogP) is 2.86. The summed E-state index contributed by atoms with van der Waals surface area (Å²) in [4.78, 5) is 26.8. The molecule has 10 nitrogen and oxygen atoms in total. The number of nitrogens with one attached hydrogen (secondary N) is 2. The van der Waals surface area contributed by atoms with E-state index < -0.39 is 27.5 Å². The molecule has 0 radical (unpaired) electrons. The highest BCUT2D eigenvalue weighted by molar-refractivity contribution is 7.90. The van der Waals surface area contributed by atoms with Gasteiger partial charge < -0.3 is 10.1 Å². The van der Waals surface area contributed by atoms with Gasteiger partial charge in [-0.25, -0.2) is 8.42 Å². The van der Waals surface area contributed by atoms with Gasteiger partial charge in [0.15, 0.2) is 12.4 Å². The van der Waals surface area contributed by atoms with E-state index in [2.05, 4.69) is 15.0 Å². The average molecular weight is 446 g/mol. The normalized spacial score (nSPS) is 14.1. The molecule has 0 unspecified atom stereocenters. The van der Waals surface area contributed by atoms with Crippen LogP contribution in [-0.4, -0.2) is 38.2 Å². The van der Waals surface area contributed by atoms with Crippen LogP contribution < -0.4 is 14.8 Å². The Balaban J connectivity index is 1.58. The molecule has 3 rings (SSSR count). The second kappa shape index (κ2) is 10.0. The number of hydrogen-bond donors (Lipinski definition) is 2. The minimum atomic E-state index is -3.76. The summed E-state index contributed by atoms with van der Waals surface area (Å²) in [6.07, 6.45) is 3.44. The fourth-order valence-electron chi connectivity index (χ4n) is 2.96. The lowest BCUT2D eigenvalue weighted by molar-refractivity contribution is -0.385. The van der Waals surface area contributed by atoms with Gasteiger partial charge in [0.2, 0.25) is 0 Å². The van der Waals surface area contributed by atoms with Crippen molar-refractivity contribution in [2.75, 3.05) is 18.5 Å². The molecule has 0 saturated heterocycles. The Kier molecular flexibility index (Phi) is 7.19. The largest absolute Gasteiger partial charge is 0.477 e. The quantitative estimate of drug-likeness (QED) is 0.495. The van der Waals surface area contributed by atoms with Crippen LogP contribution in [-0.2, 0) is 14.8 Å². The molecule has 31 heavy (non-hydrogen) atoms. The van der Waals surface area contributed by atoms with Crippen LogP contribution in [0, 0.1) is 10.1 Å². The van der Waals surface area contributed by atoms with Crippen molar-refractivity contribution in [2.24, 2.45) is 4.99 Å². The average Bonchev–Trinajstić information content (AvgIpc) is 3.01. The molecule has 0 saturated carbocycles. The smallest absolute Gasteiger partial charge is 0.310 e. The van der Waals surface area contributed by atoms with E-state index in [-0.39, 0.29) is 16.3 Å². The SMILES string of the molecule is O=C(COc1ccccc1[N+](=O)[O-])Nc1ccc(S(=O)(=O)NC2=NCCCCC2)cc1. The van der Waals surface area contributed by atoms with Crippen LogP contribution in [0.2, 0.25) is 0 Å². The lowest BCUT2D eigenvalue weighted by Crippen LogP contribution is -2.30. The predicted molar refractivity (Wildman–Crippen MR) is 115 cm³/mol. The number of sulfonamides is 1. The molecule has 0 aromatic heterocycles. The molecule has 1 aliphatic rings. The summed E-state index contributed by atoms with van der Waals surface area (Å²) in [5, 5.41) is 13.5. The lowest BCUT2D eigenvalue weighted by Gasteiger charge is -2.11. The molecule has 2 aromatic rings. The highest BCUT2D eigenvalue weighted by Gasteiger charge is 2.18. The topological polar surface area (TPSA) is 140 Å². The van der Waals surface area contributed by atoms with Crippen LogP contribution in [0.25, 0.3) is 0 Å². The number of nitro benzene ring substituents is 1. The monoisotopic (exact) mass is 446 g/mol. The zero-order valence-corrected chi connectivity index (χ0v) is 17.4. The number of ether oxygens (including phenoxy) is 1. The van der Waals surface area contributed by atoms with E-state index in [4.69, 9.17) is 4.74 Å². The van der Waals surface area contributed by atoms with Gasteiger partial charge in [-0.15, -0.1) is 0 Å². The van der Waals surface area contributed by atoms with Gasteiger partial charge in [-0.2, -0.15) is 0 Å². The molecule has 0 spiro atoms. The minimum absolute atomic E-state index is 0.0170. The summed E-state index contributed by atoms with van der Waals surface area (Å²) in [5.41, 5.74) is 0.123. The molecule has 2 N–H and O–H groups in total. The summed E-state index contributed by atoms with van der Waals surface area (Å²) in [5.74, 6) is -0.0988. The van der Waals surface area contributed by atoms with Crippen molar-refractivity contribution >= 4 is 33.1 Å². The second-order valence-electron chi connectivity index (χ2n) is 6.83. The first kappa shape index (κ1) is 22.2. The van der Waals surface area contributed by atoms with Gasteiger partial charge in [-0.1, -0.05) is 18.6 Å². The summed E-state index contributed by atoms with van der Waals surface area (Å²) in [7, 11) is -3.76. The maximum Gasteiger partial charge on any atom is 0.310 e. The van der Waals surface area contributed by atoms with E-state index in [0.717, 1.165) is 19.3 Å². The van der Waals surface area contributed by atoms with Crippen LogP contribution in [0.4, 0.5) is 11.4 Å². The van der Waals surface area contributed by atoms with Crippen LogP contribution in [0.5, 0.6) is 5.75 Å². The van der Waals surface area contributed by atoms with E-state index in [1.165, 1.54) is 42.5 Å². The number of carbonyl (C=O) groups excluding carboxylic acids is 1. The van der Waals surface area contributed by atoms with Gasteiger partial charge in [-0.3, -0.25) is 24.6 Å². The maximum atomic E-state index is 12.5. The molecule has 0 atom stereocenters. The summed E-state index contributed by atoms with van der Waals surface area (Å²) in [6.45, 7) is 0.170. The van der Waals surface area contributed by atoms with Crippen molar-refractivity contribution in [1.29, 1.82) is 0 Å². The number of amides is 1. The lowest BCUT2D eigenvalue weighted by atomic mass is 10.2. The Morgan fingerprint density at radius 3 is 2.58 bits per heavy atom. The van der Waals surface area contributed by atoms with Gasteiger partial charge >= 0.3 is 5.69 Å². The van der Waals surface area contributed by atoms with Crippen LogP contribution in [0.3, 0.4) is 0 Å². The summed E-state index contributed by atoms with van der Waals surface area (Å²) < 4.78 is 32.8. The van der Waals surface area contributed by atoms with Crippen LogP contribution in [0.1, 0.15) is 25.7 Å². The summed E-state index contributed by atoms with van der Waals surface area (Å²) in [6, 6.07) is 11.4. The minimum Gasteiger partial charge on any atom is -0.477 e.